The first kappa shape index (κ1) is 29.1. The van der Waals surface area contributed by atoms with Crippen molar-refractivity contribution >= 4 is 28.4 Å². The number of nitrogens with one attached hydrogen (secondary N) is 2. The topological polar surface area (TPSA) is 100 Å². The summed E-state index contributed by atoms with van der Waals surface area (Å²) in [6.07, 6.45) is 6.24. The predicted octanol–water partition coefficient (Wildman–Crippen LogP) is 5.26. The van der Waals surface area contributed by atoms with Crippen molar-refractivity contribution in [2.24, 2.45) is 0 Å². The van der Waals surface area contributed by atoms with Gasteiger partial charge in [0.25, 0.3) is 0 Å². The molecule has 1 amide bonds. The second-order valence-corrected chi connectivity index (χ2v) is 9.62. The van der Waals surface area contributed by atoms with Gasteiger partial charge in [0, 0.05) is 62.1 Å². The third-order valence-corrected chi connectivity index (χ3v) is 6.27. The van der Waals surface area contributed by atoms with Crippen molar-refractivity contribution in [1.29, 1.82) is 5.41 Å². The second kappa shape index (κ2) is 13.4. The fourth-order valence-electron chi connectivity index (χ4n) is 4.13. The Morgan fingerprint density at radius 3 is 2.64 bits per heavy atom. The molecule has 0 atom stereocenters. The molecular weight excluding hydrogens is 490 g/mol. The lowest BCUT2D eigenvalue weighted by molar-refractivity contribution is -0.116. The van der Waals surface area contributed by atoms with Crippen molar-refractivity contribution in [3.63, 3.8) is 0 Å². The van der Waals surface area contributed by atoms with Crippen molar-refractivity contribution in [1.82, 2.24) is 19.8 Å². The molecule has 204 valence electrons. The van der Waals surface area contributed by atoms with Gasteiger partial charge in [-0.3, -0.25) is 9.59 Å². The van der Waals surface area contributed by atoms with Crippen LogP contribution in [-0.2, 0) is 17.9 Å². The highest BCUT2D eigenvalue weighted by Crippen LogP contribution is 2.25. The maximum atomic E-state index is 12.3. The smallest absolute Gasteiger partial charge is 0.244 e. The van der Waals surface area contributed by atoms with Gasteiger partial charge in [-0.05, 0) is 36.8 Å². The predicted molar refractivity (Wildman–Crippen MR) is 156 cm³/mol. The van der Waals surface area contributed by atoms with Crippen molar-refractivity contribution in [3.8, 4) is 5.75 Å². The van der Waals surface area contributed by atoms with Crippen molar-refractivity contribution in [2.75, 3.05) is 20.7 Å². The highest BCUT2D eigenvalue weighted by molar-refractivity contribution is 6.10. The van der Waals surface area contributed by atoms with E-state index in [1.165, 1.54) is 19.1 Å². The summed E-state index contributed by atoms with van der Waals surface area (Å²) in [7, 11) is 3.59. The molecule has 0 fully saturated rings. The van der Waals surface area contributed by atoms with Crippen LogP contribution in [0.4, 0.5) is 0 Å². The summed E-state index contributed by atoms with van der Waals surface area (Å²) in [5.41, 5.74) is 4.16. The number of hydrogen-bond donors (Lipinski definition) is 2. The van der Waals surface area contributed by atoms with E-state index in [2.05, 4.69) is 30.3 Å². The van der Waals surface area contributed by atoms with Crippen molar-refractivity contribution < 1.29 is 14.3 Å². The maximum Gasteiger partial charge on any atom is 0.244 e. The largest absolute Gasteiger partial charge is 0.497 e. The first-order valence-electron chi connectivity index (χ1n) is 12.9. The maximum absolute atomic E-state index is 12.3. The van der Waals surface area contributed by atoms with E-state index in [1.54, 1.807) is 31.4 Å². The molecule has 3 aromatic rings. The molecule has 0 saturated heterocycles. The molecule has 2 N–H and O–H groups in total. The van der Waals surface area contributed by atoms with Crippen LogP contribution in [0.15, 0.2) is 79.0 Å². The molecule has 0 bridgehead atoms. The zero-order chi connectivity index (χ0) is 28.5. The Bertz CT molecular complexity index is 1430. The van der Waals surface area contributed by atoms with Crippen LogP contribution in [0.2, 0.25) is 0 Å². The average molecular weight is 528 g/mol. The van der Waals surface area contributed by atoms with Crippen LogP contribution in [-0.4, -0.2) is 52.6 Å². The number of Topliss-reactive ketones (excluding diaryl/α,β-unsaturated/α-hetero) is 1. The summed E-state index contributed by atoms with van der Waals surface area (Å²) < 4.78 is 7.57. The number of carbonyl (C=O) groups is 2. The summed E-state index contributed by atoms with van der Waals surface area (Å²) in [6.45, 7) is 11.3. The van der Waals surface area contributed by atoms with Gasteiger partial charge in [-0.25, -0.2) is 4.98 Å². The van der Waals surface area contributed by atoms with E-state index in [0.717, 1.165) is 28.2 Å². The molecular formula is C31H37N5O3. The number of fused-ring (bicyclic) bond motifs is 1. The van der Waals surface area contributed by atoms with Crippen LogP contribution in [0.25, 0.3) is 11.0 Å². The van der Waals surface area contributed by atoms with Gasteiger partial charge in [-0.15, -0.1) is 0 Å². The lowest BCUT2D eigenvalue weighted by atomic mass is 10.1. The third-order valence-electron chi connectivity index (χ3n) is 6.27. The Morgan fingerprint density at radius 1 is 1.21 bits per heavy atom. The van der Waals surface area contributed by atoms with Gasteiger partial charge in [-0.2, -0.15) is 0 Å². The lowest BCUT2D eigenvalue weighted by Crippen LogP contribution is -2.21. The van der Waals surface area contributed by atoms with E-state index in [0.29, 0.717) is 30.8 Å². The van der Waals surface area contributed by atoms with Crippen LogP contribution in [0.1, 0.15) is 48.4 Å². The van der Waals surface area contributed by atoms with E-state index < -0.39 is 0 Å². The zero-order valence-corrected chi connectivity index (χ0v) is 23.3. The summed E-state index contributed by atoms with van der Waals surface area (Å²) in [4.78, 5) is 30.7. The quantitative estimate of drug-likeness (QED) is 0.137. The fraction of sp³-hybridized carbons (Fsp3) is 0.290. The number of aromatic nitrogens is 2. The highest BCUT2D eigenvalue weighted by atomic mass is 16.5. The highest BCUT2D eigenvalue weighted by Gasteiger charge is 2.15. The van der Waals surface area contributed by atoms with E-state index in [4.69, 9.17) is 15.1 Å². The molecule has 0 aliphatic carbocycles. The Labute approximate surface area is 230 Å². The van der Waals surface area contributed by atoms with Gasteiger partial charge in [0.05, 0.1) is 23.9 Å². The summed E-state index contributed by atoms with van der Waals surface area (Å²) in [5.74, 6) is 1.70. The Hall–Kier alpha value is -4.46. The SMILES string of the molecule is C=C/C(=C\N(C)CCn1c(C(C)C)nc2cc(OC)ccc21)C(=N)/C=C\C(=O)NCc1cccc(C(C)=O)c1. The molecule has 1 heterocycles. The first-order valence-corrected chi connectivity index (χ1v) is 12.9. The Kier molecular flexibility index (Phi) is 9.98. The molecule has 8 nitrogen and oxygen atoms in total. The zero-order valence-electron chi connectivity index (χ0n) is 23.3. The molecule has 0 radical (unpaired) electrons. The van der Waals surface area contributed by atoms with Crippen molar-refractivity contribution in [2.45, 2.75) is 39.8 Å². The molecule has 39 heavy (non-hydrogen) atoms. The monoisotopic (exact) mass is 527 g/mol. The van der Waals surface area contributed by atoms with E-state index in [1.807, 2.05) is 42.4 Å². The minimum absolute atomic E-state index is 0.0235. The number of hydrogen-bond acceptors (Lipinski definition) is 6. The average Bonchev–Trinajstić information content (AvgIpc) is 3.30. The number of benzene rings is 2. The van der Waals surface area contributed by atoms with Gasteiger partial charge < -0.3 is 24.9 Å². The molecule has 8 heteroatoms. The van der Waals surface area contributed by atoms with Crippen molar-refractivity contribution in [3.05, 3.63) is 96.0 Å². The number of methoxy groups -OCH3 is 1. The molecule has 0 spiro atoms. The number of ether oxygens (including phenoxy) is 1. The van der Waals surface area contributed by atoms with E-state index >= 15 is 0 Å². The van der Waals surface area contributed by atoms with Gasteiger partial charge in [-0.1, -0.05) is 44.7 Å². The van der Waals surface area contributed by atoms with Crippen LogP contribution in [0.5, 0.6) is 5.75 Å². The summed E-state index contributed by atoms with van der Waals surface area (Å²) in [5, 5.41) is 11.2. The van der Waals surface area contributed by atoms with E-state index in [9.17, 15) is 9.59 Å². The molecule has 0 unspecified atom stereocenters. The van der Waals surface area contributed by atoms with Crippen LogP contribution >= 0.6 is 0 Å². The van der Waals surface area contributed by atoms with Gasteiger partial charge >= 0.3 is 0 Å². The number of imidazole rings is 1. The Balaban J connectivity index is 1.62. The summed E-state index contributed by atoms with van der Waals surface area (Å²) >= 11 is 0. The fourth-order valence-corrected chi connectivity index (χ4v) is 4.13. The second-order valence-electron chi connectivity index (χ2n) is 9.62. The molecule has 0 saturated carbocycles. The standard InChI is InChI=1S/C31H37N5O3/c1-7-24(27(32)12-14-30(38)33-19-23-9-8-10-25(17-23)22(4)37)20-35(5)15-16-36-29-13-11-26(39-6)18-28(29)34-31(36)21(2)3/h7-14,17-18,20-21,32H,1,15-16,19H2,2-6H3,(H,33,38)/b14-12-,24-20+,32-27?. The number of allylic oxidation sites excluding steroid dienone is 3. The summed E-state index contributed by atoms with van der Waals surface area (Å²) in [6, 6.07) is 13.1. The van der Waals surface area contributed by atoms with Gasteiger partial charge in [0.2, 0.25) is 5.91 Å². The normalized spacial score (nSPS) is 11.7. The first-order chi connectivity index (χ1) is 18.6. The molecule has 0 aliphatic rings. The minimum atomic E-state index is -0.324. The number of amides is 1. The number of carbonyl (C=O) groups excluding carboxylic acids is 2. The number of nitrogens with zero attached hydrogens (tertiary/aromatic N) is 3. The number of likely N-dealkylation sites (N-methyl/N-ethyl adjacent to an activating group) is 1. The van der Waals surface area contributed by atoms with E-state index in [-0.39, 0.29) is 23.3 Å². The van der Waals surface area contributed by atoms with Gasteiger partial charge in [0.1, 0.15) is 11.6 Å². The molecule has 2 aromatic carbocycles. The van der Waals surface area contributed by atoms with Crippen LogP contribution in [0.3, 0.4) is 0 Å². The Morgan fingerprint density at radius 2 is 1.97 bits per heavy atom. The van der Waals surface area contributed by atoms with Gasteiger partial charge in [0.15, 0.2) is 5.78 Å². The van der Waals surface area contributed by atoms with Crippen LogP contribution in [0, 0.1) is 5.41 Å². The van der Waals surface area contributed by atoms with Crippen LogP contribution < -0.4 is 10.1 Å². The molecule has 3 rings (SSSR count). The lowest BCUT2D eigenvalue weighted by Gasteiger charge is -2.18. The minimum Gasteiger partial charge on any atom is -0.497 e. The molecule has 0 aliphatic heterocycles. The third kappa shape index (κ3) is 7.77. The number of ketones is 1. The number of rotatable bonds is 13. The molecule has 1 aromatic heterocycles.